The zero-order valence-corrected chi connectivity index (χ0v) is 9.50. The molecule has 0 bridgehead atoms. The summed E-state index contributed by atoms with van der Waals surface area (Å²) in [6.45, 7) is 6.07. The molecule has 1 aromatic carbocycles. The van der Waals surface area contributed by atoms with Crippen molar-refractivity contribution in [2.75, 3.05) is 0 Å². The lowest BCUT2D eigenvalue weighted by atomic mass is 9.93. The zero-order chi connectivity index (χ0) is 11.6. The Kier molecular flexibility index (Phi) is 3.48. The molecule has 0 spiro atoms. The van der Waals surface area contributed by atoms with Crippen molar-refractivity contribution in [1.82, 2.24) is 0 Å². The van der Waals surface area contributed by atoms with E-state index in [2.05, 4.69) is 12.1 Å². The van der Waals surface area contributed by atoms with Gasteiger partial charge in [-0.15, -0.1) is 0 Å². The van der Waals surface area contributed by atoms with Crippen molar-refractivity contribution in [2.45, 2.75) is 33.2 Å². The van der Waals surface area contributed by atoms with Crippen molar-refractivity contribution in [3.8, 4) is 0 Å². The van der Waals surface area contributed by atoms with E-state index in [1.807, 2.05) is 20.8 Å². The number of nitrogens with two attached hydrogens (primary N) is 2. The number of carbonyl (C=O) groups is 1. The first-order chi connectivity index (χ1) is 6.91. The Balaban J connectivity index is 3.08. The normalized spacial score (nSPS) is 12.5. The number of aryl methyl sites for hydroxylation is 3. The fourth-order valence-electron chi connectivity index (χ4n) is 2.09. The number of rotatable bonds is 3. The first-order valence-corrected chi connectivity index (χ1v) is 5.03. The topological polar surface area (TPSA) is 69.1 Å². The molecule has 1 amide bonds. The van der Waals surface area contributed by atoms with Crippen LogP contribution in [0.5, 0.6) is 0 Å². The summed E-state index contributed by atoms with van der Waals surface area (Å²) in [4.78, 5) is 10.8. The average Bonchev–Trinajstić information content (AvgIpc) is 1.99. The highest BCUT2D eigenvalue weighted by Crippen LogP contribution is 2.23. The van der Waals surface area contributed by atoms with Gasteiger partial charge in [0, 0.05) is 12.5 Å². The fraction of sp³-hybridized carbons (Fsp3) is 0.417. The van der Waals surface area contributed by atoms with E-state index in [1.165, 1.54) is 5.56 Å². The van der Waals surface area contributed by atoms with Gasteiger partial charge in [0.15, 0.2) is 0 Å². The second kappa shape index (κ2) is 4.45. The smallest absolute Gasteiger partial charge is 0.219 e. The van der Waals surface area contributed by atoms with Gasteiger partial charge in [-0.2, -0.15) is 0 Å². The maximum atomic E-state index is 10.8. The number of amides is 1. The van der Waals surface area contributed by atoms with Gasteiger partial charge in [-0.1, -0.05) is 17.7 Å². The van der Waals surface area contributed by atoms with E-state index in [1.54, 1.807) is 0 Å². The highest BCUT2D eigenvalue weighted by atomic mass is 16.1. The average molecular weight is 206 g/mol. The van der Waals surface area contributed by atoms with Crippen LogP contribution in [0, 0.1) is 20.8 Å². The van der Waals surface area contributed by atoms with Crippen LogP contribution in [0.25, 0.3) is 0 Å². The van der Waals surface area contributed by atoms with Gasteiger partial charge < -0.3 is 11.5 Å². The molecule has 3 nitrogen and oxygen atoms in total. The Morgan fingerprint density at radius 2 is 1.73 bits per heavy atom. The lowest BCUT2D eigenvalue weighted by Crippen LogP contribution is -2.22. The summed E-state index contributed by atoms with van der Waals surface area (Å²) >= 11 is 0. The van der Waals surface area contributed by atoms with E-state index >= 15 is 0 Å². The van der Waals surface area contributed by atoms with Crippen molar-refractivity contribution in [3.63, 3.8) is 0 Å². The van der Waals surface area contributed by atoms with E-state index in [-0.39, 0.29) is 18.4 Å². The number of hydrogen-bond acceptors (Lipinski definition) is 2. The molecule has 0 radical (unpaired) electrons. The molecule has 1 unspecified atom stereocenters. The zero-order valence-electron chi connectivity index (χ0n) is 9.50. The summed E-state index contributed by atoms with van der Waals surface area (Å²) in [6, 6.07) is 3.86. The minimum Gasteiger partial charge on any atom is -0.370 e. The Morgan fingerprint density at radius 3 is 2.13 bits per heavy atom. The quantitative estimate of drug-likeness (QED) is 0.786. The molecule has 0 saturated carbocycles. The maximum Gasteiger partial charge on any atom is 0.219 e. The van der Waals surface area contributed by atoms with Crippen LogP contribution < -0.4 is 11.5 Å². The molecule has 0 saturated heterocycles. The molecule has 0 fully saturated rings. The molecule has 3 heteroatoms. The van der Waals surface area contributed by atoms with Gasteiger partial charge >= 0.3 is 0 Å². The molecule has 15 heavy (non-hydrogen) atoms. The third-order valence-electron chi connectivity index (χ3n) is 2.53. The molecule has 4 N–H and O–H groups in total. The van der Waals surface area contributed by atoms with E-state index in [9.17, 15) is 4.79 Å². The van der Waals surface area contributed by atoms with Gasteiger partial charge in [0.2, 0.25) is 5.91 Å². The maximum absolute atomic E-state index is 10.8. The largest absolute Gasteiger partial charge is 0.370 e. The van der Waals surface area contributed by atoms with Crippen LogP contribution >= 0.6 is 0 Å². The summed E-state index contributed by atoms with van der Waals surface area (Å²) in [6.07, 6.45) is 0.199. The van der Waals surface area contributed by atoms with Crippen LogP contribution in [0.15, 0.2) is 12.1 Å². The van der Waals surface area contributed by atoms with Gasteiger partial charge in [-0.05, 0) is 37.5 Å². The first kappa shape index (κ1) is 11.7. The number of hydrogen-bond donors (Lipinski definition) is 2. The summed E-state index contributed by atoms with van der Waals surface area (Å²) in [5, 5.41) is 0. The van der Waals surface area contributed by atoms with Gasteiger partial charge in [-0.3, -0.25) is 4.79 Å². The minimum atomic E-state index is -0.359. The Morgan fingerprint density at radius 1 is 1.27 bits per heavy atom. The Bertz CT molecular complexity index is 362. The van der Waals surface area contributed by atoms with Gasteiger partial charge in [0.1, 0.15) is 0 Å². The molecule has 1 rings (SSSR count). The molecular weight excluding hydrogens is 188 g/mol. The monoisotopic (exact) mass is 206 g/mol. The lowest BCUT2D eigenvalue weighted by molar-refractivity contribution is -0.118. The second-order valence-electron chi connectivity index (χ2n) is 4.09. The summed E-state index contributed by atoms with van der Waals surface area (Å²) in [7, 11) is 0. The number of primary amides is 1. The van der Waals surface area contributed by atoms with E-state index < -0.39 is 0 Å². The molecule has 82 valence electrons. The van der Waals surface area contributed by atoms with Crippen molar-refractivity contribution in [1.29, 1.82) is 0 Å². The van der Waals surface area contributed by atoms with Gasteiger partial charge in [0.25, 0.3) is 0 Å². The van der Waals surface area contributed by atoms with Crippen LogP contribution in [-0.4, -0.2) is 5.91 Å². The second-order valence-corrected chi connectivity index (χ2v) is 4.09. The third kappa shape index (κ3) is 2.80. The molecule has 1 aromatic rings. The summed E-state index contributed by atoms with van der Waals surface area (Å²) in [5.74, 6) is -0.359. The van der Waals surface area contributed by atoms with Crippen LogP contribution in [0.3, 0.4) is 0 Å². The highest BCUT2D eigenvalue weighted by Gasteiger charge is 2.14. The fourth-order valence-corrected chi connectivity index (χ4v) is 2.09. The van der Waals surface area contributed by atoms with Crippen LogP contribution in [-0.2, 0) is 4.79 Å². The summed E-state index contributed by atoms with van der Waals surface area (Å²) in [5.41, 5.74) is 15.6. The molecular formula is C12H18N2O. The first-order valence-electron chi connectivity index (χ1n) is 5.03. The summed E-state index contributed by atoms with van der Waals surface area (Å²) < 4.78 is 0. The Labute approximate surface area is 90.5 Å². The molecule has 0 aromatic heterocycles. The van der Waals surface area contributed by atoms with Crippen molar-refractivity contribution in [3.05, 3.63) is 34.4 Å². The predicted octanol–water partition coefficient (Wildman–Crippen LogP) is 1.49. The van der Waals surface area contributed by atoms with E-state index in [0.717, 1.165) is 16.7 Å². The van der Waals surface area contributed by atoms with Crippen molar-refractivity contribution >= 4 is 5.91 Å². The minimum absolute atomic E-state index is 0.199. The standard InChI is InChI=1S/C12H18N2O/c1-7-4-8(2)12(9(3)5-7)10(13)6-11(14)15/h4-5,10H,6,13H2,1-3H3,(H2,14,15). The number of carbonyl (C=O) groups excluding carboxylic acids is 1. The molecule has 1 atom stereocenters. The molecule has 0 heterocycles. The van der Waals surface area contributed by atoms with Crippen molar-refractivity contribution in [2.24, 2.45) is 11.5 Å². The molecule has 0 aliphatic rings. The van der Waals surface area contributed by atoms with Gasteiger partial charge in [0.05, 0.1) is 0 Å². The van der Waals surface area contributed by atoms with E-state index in [4.69, 9.17) is 11.5 Å². The van der Waals surface area contributed by atoms with Crippen LogP contribution in [0.1, 0.15) is 34.7 Å². The molecule has 0 aliphatic heterocycles. The van der Waals surface area contributed by atoms with E-state index in [0.29, 0.717) is 0 Å². The predicted molar refractivity (Wildman–Crippen MR) is 61.4 cm³/mol. The van der Waals surface area contributed by atoms with Crippen LogP contribution in [0.2, 0.25) is 0 Å². The van der Waals surface area contributed by atoms with Crippen LogP contribution in [0.4, 0.5) is 0 Å². The third-order valence-corrected chi connectivity index (χ3v) is 2.53. The highest BCUT2D eigenvalue weighted by molar-refractivity contribution is 5.74. The number of benzene rings is 1. The SMILES string of the molecule is Cc1cc(C)c(C(N)CC(N)=O)c(C)c1. The lowest BCUT2D eigenvalue weighted by Gasteiger charge is -2.17. The van der Waals surface area contributed by atoms with Crippen molar-refractivity contribution < 1.29 is 4.79 Å². The Hall–Kier alpha value is -1.35. The molecule has 0 aliphatic carbocycles. The van der Waals surface area contributed by atoms with Gasteiger partial charge in [-0.25, -0.2) is 0 Å².